The molecule has 0 aliphatic rings. The molecule has 0 aromatic heterocycles. The number of ether oxygens (including phenoxy) is 2. The van der Waals surface area contributed by atoms with Gasteiger partial charge in [-0.25, -0.2) is 4.79 Å². The molecule has 0 aliphatic heterocycles. The Morgan fingerprint density at radius 3 is 2.33 bits per heavy atom. The summed E-state index contributed by atoms with van der Waals surface area (Å²) in [6, 6.07) is 10.9. The summed E-state index contributed by atoms with van der Waals surface area (Å²) in [5.41, 5.74) is 2.60. The number of aryl methyl sites for hydroxylation is 2. The lowest BCUT2D eigenvalue weighted by Gasteiger charge is -2.09. The second kappa shape index (κ2) is 6.76. The van der Waals surface area contributed by atoms with Crippen LogP contribution in [0.25, 0.3) is 0 Å². The highest BCUT2D eigenvalue weighted by atomic mass is 79.9. The van der Waals surface area contributed by atoms with Crippen LogP contribution in [0.1, 0.15) is 28.4 Å². The van der Waals surface area contributed by atoms with Crippen molar-refractivity contribution in [2.45, 2.75) is 20.8 Å². The molecular formula is C17H17BrO3. The maximum absolute atomic E-state index is 12.2. The zero-order valence-electron chi connectivity index (χ0n) is 12.3. The summed E-state index contributed by atoms with van der Waals surface area (Å²) in [7, 11) is 0. The van der Waals surface area contributed by atoms with Crippen molar-refractivity contribution in [2.75, 3.05) is 6.61 Å². The van der Waals surface area contributed by atoms with Crippen molar-refractivity contribution < 1.29 is 14.3 Å². The van der Waals surface area contributed by atoms with Gasteiger partial charge in [0.05, 0.1) is 16.6 Å². The third-order valence-corrected chi connectivity index (χ3v) is 3.49. The van der Waals surface area contributed by atoms with Crippen LogP contribution in [-0.4, -0.2) is 12.6 Å². The van der Waals surface area contributed by atoms with Crippen LogP contribution < -0.4 is 9.47 Å². The van der Waals surface area contributed by atoms with E-state index < -0.39 is 0 Å². The quantitative estimate of drug-likeness (QED) is 0.594. The second-order valence-electron chi connectivity index (χ2n) is 4.79. The molecule has 0 N–H and O–H groups in total. The number of benzene rings is 2. The van der Waals surface area contributed by atoms with Gasteiger partial charge in [0, 0.05) is 0 Å². The fourth-order valence-electron chi connectivity index (χ4n) is 2.06. The minimum Gasteiger partial charge on any atom is -0.493 e. The number of hydrogen-bond acceptors (Lipinski definition) is 3. The largest absolute Gasteiger partial charge is 0.493 e. The van der Waals surface area contributed by atoms with Crippen molar-refractivity contribution in [3.63, 3.8) is 0 Å². The van der Waals surface area contributed by atoms with E-state index in [9.17, 15) is 4.79 Å². The van der Waals surface area contributed by atoms with Gasteiger partial charge in [0.2, 0.25) is 0 Å². The van der Waals surface area contributed by atoms with Gasteiger partial charge in [0.25, 0.3) is 0 Å². The highest BCUT2D eigenvalue weighted by Gasteiger charge is 2.12. The van der Waals surface area contributed by atoms with Crippen molar-refractivity contribution in [2.24, 2.45) is 0 Å². The molecule has 21 heavy (non-hydrogen) atoms. The van der Waals surface area contributed by atoms with E-state index in [0.29, 0.717) is 23.7 Å². The minimum atomic E-state index is -0.385. The Labute approximate surface area is 133 Å². The monoisotopic (exact) mass is 348 g/mol. The van der Waals surface area contributed by atoms with Crippen molar-refractivity contribution in [3.8, 4) is 11.5 Å². The van der Waals surface area contributed by atoms with Crippen molar-refractivity contribution in [1.82, 2.24) is 0 Å². The average molecular weight is 349 g/mol. The molecule has 0 saturated carbocycles. The molecule has 0 heterocycles. The van der Waals surface area contributed by atoms with Crippen molar-refractivity contribution in [3.05, 3.63) is 57.6 Å². The third-order valence-electron chi connectivity index (χ3n) is 2.87. The van der Waals surface area contributed by atoms with Gasteiger partial charge in [-0.15, -0.1) is 0 Å². The lowest BCUT2D eigenvalue weighted by atomic mass is 10.1. The predicted octanol–water partition coefficient (Wildman–Crippen LogP) is 4.68. The number of carbonyl (C=O) groups excluding carboxylic acids is 1. The fraction of sp³-hybridized carbons (Fsp3) is 0.235. The van der Waals surface area contributed by atoms with Crippen LogP contribution in [0.2, 0.25) is 0 Å². The van der Waals surface area contributed by atoms with Crippen LogP contribution in [0, 0.1) is 13.8 Å². The molecule has 0 radical (unpaired) electrons. The van der Waals surface area contributed by atoms with Crippen LogP contribution in [0.15, 0.2) is 40.9 Å². The molecule has 0 saturated heterocycles. The first-order chi connectivity index (χ1) is 9.99. The molecule has 0 unspecified atom stereocenters. The first-order valence-electron chi connectivity index (χ1n) is 6.72. The highest BCUT2D eigenvalue weighted by molar-refractivity contribution is 9.10. The molecule has 0 aliphatic carbocycles. The summed E-state index contributed by atoms with van der Waals surface area (Å²) < 4.78 is 11.6. The van der Waals surface area contributed by atoms with Crippen molar-refractivity contribution in [1.29, 1.82) is 0 Å². The van der Waals surface area contributed by atoms with Crippen LogP contribution in [-0.2, 0) is 0 Å². The van der Waals surface area contributed by atoms with Gasteiger partial charge in [-0.05, 0) is 78.2 Å². The molecule has 0 fully saturated rings. The summed E-state index contributed by atoms with van der Waals surface area (Å²) in [5, 5.41) is 0. The Hall–Kier alpha value is -1.81. The number of carbonyl (C=O) groups is 1. The van der Waals surface area contributed by atoms with Crippen LogP contribution in [0.3, 0.4) is 0 Å². The van der Waals surface area contributed by atoms with Gasteiger partial charge in [-0.2, -0.15) is 0 Å². The smallest absolute Gasteiger partial charge is 0.343 e. The number of rotatable bonds is 4. The summed E-state index contributed by atoms with van der Waals surface area (Å²) in [5.74, 6) is 0.881. The minimum absolute atomic E-state index is 0.385. The van der Waals surface area contributed by atoms with Gasteiger partial charge in [-0.3, -0.25) is 0 Å². The van der Waals surface area contributed by atoms with Gasteiger partial charge in [0.1, 0.15) is 11.5 Å². The highest BCUT2D eigenvalue weighted by Crippen LogP contribution is 2.27. The fourth-order valence-corrected chi connectivity index (χ4v) is 2.55. The van der Waals surface area contributed by atoms with E-state index in [1.807, 2.05) is 39.0 Å². The molecule has 0 atom stereocenters. The molecule has 4 heteroatoms. The lowest BCUT2D eigenvalue weighted by molar-refractivity contribution is 0.0734. The Kier molecular flexibility index (Phi) is 5.02. The normalized spacial score (nSPS) is 10.3. The standard InChI is InChI=1S/C17H17BrO3/c1-4-20-16-6-5-13(10-15(16)18)17(19)21-14-8-11(2)7-12(3)9-14/h5-10H,4H2,1-3H3. The van der Waals surface area contributed by atoms with E-state index >= 15 is 0 Å². The first kappa shape index (κ1) is 15.6. The van der Waals surface area contributed by atoms with E-state index in [-0.39, 0.29) is 5.97 Å². The van der Waals surface area contributed by atoms with Gasteiger partial charge in [-0.1, -0.05) is 6.07 Å². The van der Waals surface area contributed by atoms with E-state index in [1.54, 1.807) is 18.2 Å². The molecule has 0 spiro atoms. The molecule has 0 bridgehead atoms. The zero-order chi connectivity index (χ0) is 15.4. The number of hydrogen-bond donors (Lipinski definition) is 0. The molecule has 0 amide bonds. The maximum atomic E-state index is 12.2. The topological polar surface area (TPSA) is 35.5 Å². The summed E-state index contributed by atoms with van der Waals surface area (Å²) in [4.78, 5) is 12.2. The SMILES string of the molecule is CCOc1ccc(C(=O)Oc2cc(C)cc(C)c2)cc1Br. The average Bonchev–Trinajstić information content (AvgIpc) is 2.40. The Bertz CT molecular complexity index is 645. The summed E-state index contributed by atoms with van der Waals surface area (Å²) in [6.07, 6.45) is 0. The maximum Gasteiger partial charge on any atom is 0.343 e. The second-order valence-corrected chi connectivity index (χ2v) is 5.65. The molecule has 2 aromatic rings. The molecular weight excluding hydrogens is 332 g/mol. The van der Waals surface area contributed by atoms with E-state index in [2.05, 4.69) is 15.9 Å². The lowest BCUT2D eigenvalue weighted by Crippen LogP contribution is -2.09. The van der Waals surface area contributed by atoms with E-state index in [4.69, 9.17) is 9.47 Å². The first-order valence-corrected chi connectivity index (χ1v) is 7.51. The van der Waals surface area contributed by atoms with Crippen LogP contribution in [0.5, 0.6) is 11.5 Å². The van der Waals surface area contributed by atoms with Crippen LogP contribution in [0.4, 0.5) is 0 Å². The zero-order valence-corrected chi connectivity index (χ0v) is 13.9. The predicted molar refractivity (Wildman–Crippen MR) is 86.2 cm³/mol. The Morgan fingerprint density at radius 2 is 1.76 bits per heavy atom. The van der Waals surface area contributed by atoms with Gasteiger partial charge in [0.15, 0.2) is 0 Å². The summed E-state index contributed by atoms with van der Waals surface area (Å²) in [6.45, 7) is 6.43. The Balaban J connectivity index is 2.18. The molecule has 2 rings (SSSR count). The summed E-state index contributed by atoms with van der Waals surface area (Å²) >= 11 is 3.39. The van der Waals surface area contributed by atoms with Gasteiger partial charge < -0.3 is 9.47 Å². The molecule has 2 aromatic carbocycles. The number of halogens is 1. The van der Waals surface area contributed by atoms with E-state index in [1.165, 1.54) is 0 Å². The van der Waals surface area contributed by atoms with Crippen LogP contribution >= 0.6 is 15.9 Å². The van der Waals surface area contributed by atoms with E-state index in [0.717, 1.165) is 15.6 Å². The third kappa shape index (κ3) is 4.08. The van der Waals surface area contributed by atoms with Crippen molar-refractivity contribution >= 4 is 21.9 Å². The molecule has 110 valence electrons. The molecule has 3 nitrogen and oxygen atoms in total. The Morgan fingerprint density at radius 1 is 1.10 bits per heavy atom. The number of esters is 1. The van der Waals surface area contributed by atoms with Gasteiger partial charge >= 0.3 is 5.97 Å².